The zero-order valence-corrected chi connectivity index (χ0v) is 19.4. The first-order chi connectivity index (χ1) is 14.2. The minimum atomic E-state index is 0.521. The number of fused-ring (bicyclic) bond motifs is 2. The van der Waals surface area contributed by atoms with Gasteiger partial charge in [0.2, 0.25) is 0 Å². The van der Waals surface area contributed by atoms with Gasteiger partial charge in [-0.2, -0.15) is 0 Å². The first-order valence-electron chi connectivity index (χ1n) is 12.9. The fourth-order valence-electron chi connectivity index (χ4n) is 8.47. The first-order valence-corrected chi connectivity index (χ1v) is 12.9. The highest BCUT2D eigenvalue weighted by Gasteiger charge is 2.57. The van der Waals surface area contributed by atoms with E-state index in [0.717, 1.165) is 47.3 Å². The van der Waals surface area contributed by atoms with Crippen LogP contribution in [0.3, 0.4) is 0 Å². The summed E-state index contributed by atoms with van der Waals surface area (Å²) in [5.41, 5.74) is 0.521. The van der Waals surface area contributed by atoms with Crippen LogP contribution in [0.4, 0.5) is 0 Å². The summed E-state index contributed by atoms with van der Waals surface area (Å²) in [6.45, 7) is 9.82. The molecule has 0 aromatic heterocycles. The summed E-state index contributed by atoms with van der Waals surface area (Å²) in [5.74, 6) is 6.63. The predicted molar refractivity (Wildman–Crippen MR) is 127 cm³/mol. The summed E-state index contributed by atoms with van der Waals surface area (Å²) in [5, 5.41) is 0. The number of allylic oxidation sites excluding steroid dienone is 8. The van der Waals surface area contributed by atoms with Crippen molar-refractivity contribution in [3.8, 4) is 0 Å². The van der Waals surface area contributed by atoms with Crippen molar-refractivity contribution in [2.24, 2.45) is 52.8 Å². The van der Waals surface area contributed by atoms with Crippen LogP contribution in [0.25, 0.3) is 0 Å². The highest BCUT2D eigenvalue weighted by atomic mass is 14.6. The molecular weight excluding hydrogens is 348 g/mol. The van der Waals surface area contributed by atoms with Gasteiger partial charge in [0.15, 0.2) is 0 Å². The molecule has 0 spiro atoms. The van der Waals surface area contributed by atoms with Gasteiger partial charge < -0.3 is 0 Å². The lowest BCUT2D eigenvalue weighted by atomic mass is 9.55. The maximum absolute atomic E-state index is 2.62. The lowest BCUT2D eigenvalue weighted by Gasteiger charge is -2.49. The van der Waals surface area contributed by atoms with E-state index in [1.54, 1.807) is 0 Å². The van der Waals surface area contributed by atoms with Crippen LogP contribution in [0, 0.1) is 52.8 Å². The Morgan fingerprint density at radius 1 is 0.655 bits per heavy atom. The zero-order chi connectivity index (χ0) is 20.4. The van der Waals surface area contributed by atoms with Gasteiger partial charge in [-0.1, -0.05) is 102 Å². The minimum Gasteiger partial charge on any atom is -0.0806 e. The fourth-order valence-corrected chi connectivity index (χ4v) is 8.47. The monoisotopic (exact) mass is 392 g/mol. The second kappa shape index (κ2) is 8.99. The van der Waals surface area contributed by atoms with Crippen molar-refractivity contribution in [1.29, 1.82) is 0 Å². The van der Waals surface area contributed by atoms with Crippen LogP contribution in [0.1, 0.15) is 79.1 Å². The second-order valence-electron chi connectivity index (χ2n) is 10.8. The summed E-state index contributed by atoms with van der Waals surface area (Å²) in [4.78, 5) is 0. The Morgan fingerprint density at radius 3 is 1.76 bits per heavy atom. The largest absolute Gasteiger partial charge is 0.0806 e. The lowest BCUT2D eigenvalue weighted by molar-refractivity contribution is 0.0127. The Labute approximate surface area is 180 Å². The van der Waals surface area contributed by atoms with Gasteiger partial charge in [-0.25, -0.2) is 0 Å². The maximum Gasteiger partial charge on any atom is -0.0131 e. The molecule has 2 saturated carbocycles. The van der Waals surface area contributed by atoms with E-state index in [1.165, 1.54) is 51.4 Å². The number of rotatable bonds is 8. The van der Waals surface area contributed by atoms with E-state index < -0.39 is 0 Å². The number of hydrogen-bond acceptors (Lipinski definition) is 0. The van der Waals surface area contributed by atoms with Gasteiger partial charge in [0.05, 0.1) is 0 Å². The molecule has 0 aromatic carbocycles. The van der Waals surface area contributed by atoms with Gasteiger partial charge >= 0.3 is 0 Å². The van der Waals surface area contributed by atoms with E-state index in [9.17, 15) is 0 Å². The van der Waals surface area contributed by atoms with E-state index in [2.05, 4.69) is 76.3 Å². The van der Waals surface area contributed by atoms with Crippen LogP contribution in [-0.4, -0.2) is 0 Å². The van der Waals surface area contributed by atoms with Crippen molar-refractivity contribution in [3.05, 3.63) is 48.6 Å². The highest BCUT2D eigenvalue weighted by Crippen LogP contribution is 2.64. The molecule has 0 N–H and O–H groups in total. The Kier molecular flexibility index (Phi) is 6.57. The third-order valence-corrected chi connectivity index (χ3v) is 9.32. The Balaban J connectivity index is 1.73. The summed E-state index contributed by atoms with van der Waals surface area (Å²) < 4.78 is 0. The topological polar surface area (TPSA) is 0 Å². The van der Waals surface area contributed by atoms with Crippen molar-refractivity contribution in [1.82, 2.24) is 0 Å². The molecule has 4 rings (SSSR count). The van der Waals surface area contributed by atoms with Crippen LogP contribution >= 0.6 is 0 Å². The second-order valence-corrected chi connectivity index (χ2v) is 10.8. The van der Waals surface area contributed by atoms with Crippen molar-refractivity contribution in [2.75, 3.05) is 0 Å². The molecule has 4 aliphatic rings. The molecule has 2 fully saturated rings. The third-order valence-electron chi connectivity index (χ3n) is 9.32. The van der Waals surface area contributed by atoms with Gasteiger partial charge in [-0.05, 0) is 78.4 Å². The smallest absolute Gasteiger partial charge is 0.0131 e. The summed E-state index contributed by atoms with van der Waals surface area (Å²) in [6, 6.07) is 0. The average molecular weight is 393 g/mol. The SMILES string of the molecule is CCCC1CC(C(CCC)(CCC)C2CC(C)C3C=CC=CC32)C2C=CC=CC12. The Morgan fingerprint density at radius 2 is 1.17 bits per heavy atom. The van der Waals surface area contributed by atoms with E-state index in [4.69, 9.17) is 0 Å². The number of hydrogen-bond donors (Lipinski definition) is 0. The van der Waals surface area contributed by atoms with E-state index in [0.29, 0.717) is 5.41 Å². The summed E-state index contributed by atoms with van der Waals surface area (Å²) >= 11 is 0. The van der Waals surface area contributed by atoms with Crippen LogP contribution in [-0.2, 0) is 0 Å². The molecule has 0 heteroatoms. The molecule has 0 bridgehead atoms. The molecule has 0 nitrogen and oxygen atoms in total. The molecule has 0 radical (unpaired) electrons. The minimum absolute atomic E-state index is 0.521. The molecular formula is C29H44. The molecule has 0 amide bonds. The van der Waals surface area contributed by atoms with E-state index in [1.807, 2.05) is 0 Å². The molecule has 0 heterocycles. The molecule has 0 aromatic rings. The molecule has 0 saturated heterocycles. The van der Waals surface area contributed by atoms with Crippen molar-refractivity contribution >= 4 is 0 Å². The Hall–Kier alpha value is -1.04. The average Bonchev–Trinajstić information content (AvgIpc) is 3.28. The van der Waals surface area contributed by atoms with Crippen molar-refractivity contribution < 1.29 is 0 Å². The quantitative estimate of drug-likeness (QED) is 0.389. The van der Waals surface area contributed by atoms with Crippen molar-refractivity contribution in [2.45, 2.75) is 79.1 Å². The molecule has 4 aliphatic carbocycles. The van der Waals surface area contributed by atoms with Gasteiger partial charge in [0.25, 0.3) is 0 Å². The van der Waals surface area contributed by atoms with E-state index in [-0.39, 0.29) is 0 Å². The molecule has 29 heavy (non-hydrogen) atoms. The van der Waals surface area contributed by atoms with Crippen LogP contribution in [0.2, 0.25) is 0 Å². The van der Waals surface area contributed by atoms with E-state index >= 15 is 0 Å². The maximum atomic E-state index is 2.62. The molecule has 8 atom stereocenters. The summed E-state index contributed by atoms with van der Waals surface area (Å²) in [6.07, 6.45) is 31.0. The van der Waals surface area contributed by atoms with Crippen LogP contribution in [0.5, 0.6) is 0 Å². The highest BCUT2D eigenvalue weighted by molar-refractivity contribution is 5.24. The molecule has 8 unspecified atom stereocenters. The van der Waals surface area contributed by atoms with Crippen LogP contribution < -0.4 is 0 Å². The van der Waals surface area contributed by atoms with Gasteiger partial charge in [0.1, 0.15) is 0 Å². The normalized spacial score (nSPS) is 40.4. The van der Waals surface area contributed by atoms with Crippen molar-refractivity contribution in [3.63, 3.8) is 0 Å². The van der Waals surface area contributed by atoms with Gasteiger partial charge in [-0.15, -0.1) is 0 Å². The van der Waals surface area contributed by atoms with Gasteiger partial charge in [-0.3, -0.25) is 0 Å². The predicted octanol–water partition coefficient (Wildman–Crippen LogP) is 8.38. The molecule has 160 valence electrons. The van der Waals surface area contributed by atoms with Crippen LogP contribution in [0.15, 0.2) is 48.6 Å². The summed E-state index contributed by atoms with van der Waals surface area (Å²) in [7, 11) is 0. The van der Waals surface area contributed by atoms with Gasteiger partial charge in [0, 0.05) is 0 Å². The lowest BCUT2D eigenvalue weighted by Crippen LogP contribution is -2.42. The Bertz CT molecular complexity index is 656. The fraction of sp³-hybridized carbons (Fsp3) is 0.724. The molecule has 0 aliphatic heterocycles. The zero-order valence-electron chi connectivity index (χ0n) is 19.4. The first kappa shape index (κ1) is 21.2. The standard InChI is InChI=1S/C29H44/c1-5-12-22-20-28(26-16-11-9-14-24(22)26)29(17-6-2,18-7-3)27-19-21(4)23-13-8-10-15-25(23)27/h8-11,13-16,21-28H,5-7,12,17-20H2,1-4H3. The third kappa shape index (κ3) is 3.64.